The molecule has 1 aromatic carbocycles. The van der Waals surface area contributed by atoms with Gasteiger partial charge in [-0.3, -0.25) is 4.98 Å². The van der Waals surface area contributed by atoms with Crippen molar-refractivity contribution in [2.24, 2.45) is 0 Å². The van der Waals surface area contributed by atoms with Gasteiger partial charge in [-0.25, -0.2) is 4.98 Å². The number of aryl methyl sites for hydroxylation is 1. The summed E-state index contributed by atoms with van der Waals surface area (Å²) in [4.78, 5) is 9.20. The SMILES string of the molecule is Cc1cc(Cc2nc3ccccc3n2Cc2ccccn2)no1. The lowest BCUT2D eigenvalue weighted by molar-refractivity contribution is 0.391. The van der Waals surface area contributed by atoms with Crippen molar-refractivity contribution in [1.82, 2.24) is 19.7 Å². The van der Waals surface area contributed by atoms with E-state index in [-0.39, 0.29) is 0 Å². The van der Waals surface area contributed by atoms with Crippen LogP contribution in [0.4, 0.5) is 0 Å². The first kappa shape index (κ1) is 13.7. The molecule has 0 radical (unpaired) electrons. The van der Waals surface area contributed by atoms with Crippen LogP contribution in [0, 0.1) is 6.92 Å². The fourth-order valence-corrected chi connectivity index (χ4v) is 2.75. The Morgan fingerprint density at radius 1 is 1.04 bits per heavy atom. The van der Waals surface area contributed by atoms with Gasteiger partial charge in [0.15, 0.2) is 0 Å². The van der Waals surface area contributed by atoms with Crippen LogP contribution in [0.5, 0.6) is 0 Å². The van der Waals surface area contributed by atoms with Crippen molar-refractivity contribution in [1.29, 1.82) is 0 Å². The van der Waals surface area contributed by atoms with Crippen molar-refractivity contribution in [3.05, 3.63) is 77.7 Å². The third kappa shape index (κ3) is 2.73. The van der Waals surface area contributed by atoms with Crippen LogP contribution in [0.2, 0.25) is 0 Å². The molecule has 5 heteroatoms. The summed E-state index contributed by atoms with van der Waals surface area (Å²) in [5.41, 5.74) is 3.99. The van der Waals surface area contributed by atoms with Gasteiger partial charge in [0.05, 0.1) is 35.4 Å². The molecule has 4 aromatic rings. The van der Waals surface area contributed by atoms with Crippen LogP contribution in [0.25, 0.3) is 11.0 Å². The molecule has 0 N–H and O–H groups in total. The van der Waals surface area contributed by atoms with E-state index in [2.05, 4.69) is 20.8 Å². The summed E-state index contributed by atoms with van der Waals surface area (Å²) in [6.07, 6.45) is 2.45. The molecule has 23 heavy (non-hydrogen) atoms. The number of benzene rings is 1. The number of rotatable bonds is 4. The van der Waals surface area contributed by atoms with Crippen LogP contribution >= 0.6 is 0 Å². The zero-order valence-corrected chi connectivity index (χ0v) is 12.8. The maximum atomic E-state index is 5.17. The summed E-state index contributed by atoms with van der Waals surface area (Å²) in [5, 5.41) is 4.09. The fraction of sp³-hybridized carbons (Fsp3) is 0.167. The molecule has 3 heterocycles. The molecule has 114 valence electrons. The summed E-state index contributed by atoms with van der Waals surface area (Å²) >= 11 is 0. The summed E-state index contributed by atoms with van der Waals surface area (Å²) in [6.45, 7) is 2.58. The minimum Gasteiger partial charge on any atom is -0.361 e. The number of fused-ring (bicyclic) bond motifs is 1. The van der Waals surface area contributed by atoms with Crippen LogP contribution in [0.1, 0.15) is 23.0 Å². The highest BCUT2D eigenvalue weighted by atomic mass is 16.5. The number of hydrogen-bond acceptors (Lipinski definition) is 4. The third-order valence-electron chi connectivity index (χ3n) is 3.80. The van der Waals surface area contributed by atoms with Gasteiger partial charge in [0, 0.05) is 12.3 Å². The van der Waals surface area contributed by atoms with Gasteiger partial charge in [-0.1, -0.05) is 23.4 Å². The Bertz CT molecular complexity index is 940. The zero-order chi connectivity index (χ0) is 15.6. The van der Waals surface area contributed by atoms with E-state index in [4.69, 9.17) is 9.51 Å². The molecule has 0 aliphatic heterocycles. The molecule has 0 aliphatic rings. The third-order valence-corrected chi connectivity index (χ3v) is 3.80. The first-order valence-corrected chi connectivity index (χ1v) is 7.56. The Morgan fingerprint density at radius 3 is 2.70 bits per heavy atom. The first-order valence-electron chi connectivity index (χ1n) is 7.56. The number of imidazole rings is 1. The summed E-state index contributed by atoms with van der Waals surface area (Å²) in [7, 11) is 0. The van der Waals surface area contributed by atoms with Crippen LogP contribution in [0.3, 0.4) is 0 Å². The smallest absolute Gasteiger partial charge is 0.133 e. The van der Waals surface area contributed by atoms with Crippen molar-refractivity contribution in [2.75, 3.05) is 0 Å². The molecule has 0 saturated heterocycles. The average molecular weight is 304 g/mol. The molecule has 4 rings (SSSR count). The van der Waals surface area contributed by atoms with Crippen molar-refractivity contribution in [3.63, 3.8) is 0 Å². The van der Waals surface area contributed by atoms with Gasteiger partial charge in [0.25, 0.3) is 0 Å². The maximum Gasteiger partial charge on any atom is 0.133 e. The first-order chi connectivity index (χ1) is 11.3. The van der Waals surface area contributed by atoms with Gasteiger partial charge in [-0.2, -0.15) is 0 Å². The summed E-state index contributed by atoms with van der Waals surface area (Å²) in [5.74, 6) is 1.78. The largest absolute Gasteiger partial charge is 0.361 e. The van der Waals surface area contributed by atoms with E-state index in [1.54, 1.807) is 0 Å². The minimum absolute atomic E-state index is 0.638. The Kier molecular flexibility index (Phi) is 3.38. The van der Waals surface area contributed by atoms with E-state index in [9.17, 15) is 0 Å². The summed E-state index contributed by atoms with van der Waals surface area (Å²) in [6, 6.07) is 16.1. The molecule has 0 bridgehead atoms. The fourth-order valence-electron chi connectivity index (χ4n) is 2.75. The van der Waals surface area contributed by atoms with Gasteiger partial charge in [-0.15, -0.1) is 0 Å². The van der Waals surface area contributed by atoms with Crippen LogP contribution in [-0.4, -0.2) is 19.7 Å². The Morgan fingerprint density at radius 2 is 1.91 bits per heavy atom. The maximum absolute atomic E-state index is 5.17. The number of aromatic nitrogens is 4. The van der Waals surface area contributed by atoms with Gasteiger partial charge in [0.1, 0.15) is 11.6 Å². The number of nitrogens with zero attached hydrogens (tertiary/aromatic N) is 4. The molecule has 3 aromatic heterocycles. The molecule has 0 aliphatic carbocycles. The van der Waals surface area contributed by atoms with Crippen molar-refractivity contribution < 1.29 is 4.52 Å². The van der Waals surface area contributed by atoms with Gasteiger partial charge in [0.2, 0.25) is 0 Å². The van der Waals surface area contributed by atoms with E-state index in [1.165, 1.54) is 0 Å². The molecule has 0 spiro atoms. The second-order valence-electron chi connectivity index (χ2n) is 5.53. The molecule has 0 unspecified atom stereocenters. The van der Waals surface area contributed by atoms with E-state index in [0.717, 1.165) is 34.0 Å². The van der Waals surface area contributed by atoms with E-state index in [1.807, 2.05) is 55.6 Å². The lowest BCUT2D eigenvalue weighted by atomic mass is 10.2. The van der Waals surface area contributed by atoms with Crippen LogP contribution in [-0.2, 0) is 13.0 Å². The van der Waals surface area contributed by atoms with Gasteiger partial charge in [-0.05, 0) is 31.2 Å². The number of para-hydroxylation sites is 2. The molecule has 0 saturated carbocycles. The zero-order valence-electron chi connectivity index (χ0n) is 12.8. The number of hydrogen-bond donors (Lipinski definition) is 0. The molecule has 0 atom stereocenters. The Hall–Kier alpha value is -2.95. The quantitative estimate of drug-likeness (QED) is 0.580. The highest BCUT2D eigenvalue weighted by Crippen LogP contribution is 2.19. The van der Waals surface area contributed by atoms with Crippen molar-refractivity contribution >= 4 is 11.0 Å². The topological polar surface area (TPSA) is 56.7 Å². The van der Waals surface area contributed by atoms with E-state index < -0.39 is 0 Å². The van der Waals surface area contributed by atoms with Gasteiger partial charge >= 0.3 is 0 Å². The second-order valence-corrected chi connectivity index (χ2v) is 5.53. The van der Waals surface area contributed by atoms with E-state index >= 15 is 0 Å². The Balaban J connectivity index is 1.78. The predicted octanol–water partition coefficient (Wildman–Crippen LogP) is 3.37. The van der Waals surface area contributed by atoms with Gasteiger partial charge < -0.3 is 9.09 Å². The molecule has 5 nitrogen and oxygen atoms in total. The van der Waals surface area contributed by atoms with Crippen molar-refractivity contribution in [3.8, 4) is 0 Å². The molecule has 0 fully saturated rings. The van der Waals surface area contributed by atoms with Crippen LogP contribution in [0.15, 0.2) is 59.3 Å². The monoisotopic (exact) mass is 304 g/mol. The lowest BCUT2D eigenvalue weighted by Crippen LogP contribution is -2.07. The average Bonchev–Trinajstić information content (AvgIpc) is 3.13. The Labute approximate surface area is 133 Å². The van der Waals surface area contributed by atoms with E-state index in [0.29, 0.717) is 13.0 Å². The minimum atomic E-state index is 0.638. The second kappa shape index (κ2) is 5.68. The highest BCUT2D eigenvalue weighted by molar-refractivity contribution is 5.76. The van der Waals surface area contributed by atoms with Crippen molar-refractivity contribution in [2.45, 2.75) is 19.9 Å². The normalized spacial score (nSPS) is 11.2. The molecule has 0 amide bonds. The standard InChI is InChI=1S/C18H16N4O/c1-13-10-15(21-23-13)11-18-20-16-7-2-3-8-17(16)22(18)12-14-6-4-5-9-19-14/h2-10H,11-12H2,1H3. The molecular weight excluding hydrogens is 288 g/mol. The molecular formula is C18H16N4O. The lowest BCUT2D eigenvalue weighted by Gasteiger charge is -2.08. The summed E-state index contributed by atoms with van der Waals surface area (Å²) < 4.78 is 7.37. The highest BCUT2D eigenvalue weighted by Gasteiger charge is 2.13. The van der Waals surface area contributed by atoms with Crippen LogP contribution < -0.4 is 0 Å². The predicted molar refractivity (Wildman–Crippen MR) is 87.1 cm³/mol. The number of pyridine rings is 1.